The molecule has 0 aliphatic heterocycles. The van der Waals surface area contributed by atoms with Gasteiger partial charge in [-0.3, -0.25) is 0 Å². The molecule has 0 saturated carbocycles. The zero-order chi connectivity index (χ0) is 31.0. The Labute approximate surface area is 258 Å². The molecule has 218 valence electrons. The van der Waals surface area contributed by atoms with Crippen LogP contribution >= 0.6 is 0 Å². The fourth-order valence-electron chi connectivity index (χ4n) is 6.07. The maximum atomic E-state index is 13.3. The molecule has 0 bridgehead atoms. The predicted molar refractivity (Wildman–Crippen MR) is 166 cm³/mol. The standard InChI is InChI=1S/C39H24F2O4/c40-29-17-9-25(10-18-29)37(42)44-31-21-13-27(14-22-31)39(35-7-3-1-5-33(35)34-6-2-4-8-36(34)39)28-15-23-32(24-16-28)45-38(43)26-11-19-30(41)20-12-26/h1-24H. The second-order valence-corrected chi connectivity index (χ2v) is 10.7. The van der Waals surface area contributed by atoms with Gasteiger partial charge in [-0.05, 0) is 106 Å². The van der Waals surface area contributed by atoms with Gasteiger partial charge in [-0.2, -0.15) is 0 Å². The Morgan fingerprint density at radius 1 is 0.444 bits per heavy atom. The first-order valence-corrected chi connectivity index (χ1v) is 14.3. The summed E-state index contributed by atoms with van der Waals surface area (Å²) in [5, 5.41) is 0. The monoisotopic (exact) mass is 594 g/mol. The van der Waals surface area contributed by atoms with Gasteiger partial charge in [-0.1, -0.05) is 72.8 Å². The molecule has 0 N–H and O–H groups in total. The fraction of sp³-hybridized carbons (Fsp3) is 0.0256. The van der Waals surface area contributed by atoms with Gasteiger partial charge in [0.2, 0.25) is 0 Å². The van der Waals surface area contributed by atoms with Crippen molar-refractivity contribution in [1.29, 1.82) is 0 Å². The van der Waals surface area contributed by atoms with Crippen molar-refractivity contribution in [2.45, 2.75) is 5.41 Å². The highest BCUT2D eigenvalue weighted by Crippen LogP contribution is 2.56. The average molecular weight is 595 g/mol. The molecule has 6 aromatic rings. The summed E-state index contributed by atoms with van der Waals surface area (Å²) in [5.74, 6) is -1.33. The van der Waals surface area contributed by atoms with Crippen molar-refractivity contribution in [3.63, 3.8) is 0 Å². The predicted octanol–water partition coefficient (Wildman–Crippen LogP) is 8.77. The highest BCUT2D eigenvalue weighted by molar-refractivity contribution is 5.92. The van der Waals surface area contributed by atoms with Crippen molar-refractivity contribution >= 4 is 11.9 Å². The third-order valence-corrected chi connectivity index (χ3v) is 8.11. The number of rotatable bonds is 6. The smallest absolute Gasteiger partial charge is 0.343 e. The van der Waals surface area contributed by atoms with Gasteiger partial charge in [-0.25, -0.2) is 18.4 Å². The van der Waals surface area contributed by atoms with Crippen LogP contribution in [0.1, 0.15) is 43.0 Å². The van der Waals surface area contributed by atoms with E-state index in [0.717, 1.165) is 33.4 Å². The van der Waals surface area contributed by atoms with E-state index in [9.17, 15) is 18.4 Å². The second-order valence-electron chi connectivity index (χ2n) is 10.7. The lowest BCUT2D eigenvalue weighted by molar-refractivity contribution is 0.0725. The first-order chi connectivity index (χ1) is 21.9. The maximum absolute atomic E-state index is 13.3. The van der Waals surface area contributed by atoms with Crippen molar-refractivity contribution in [3.05, 3.63) is 191 Å². The van der Waals surface area contributed by atoms with Crippen LogP contribution in [0.15, 0.2) is 146 Å². The van der Waals surface area contributed by atoms with E-state index in [0.29, 0.717) is 11.5 Å². The van der Waals surface area contributed by atoms with Gasteiger partial charge in [0.25, 0.3) is 0 Å². The highest BCUT2D eigenvalue weighted by atomic mass is 19.1. The van der Waals surface area contributed by atoms with Crippen molar-refractivity contribution in [1.82, 2.24) is 0 Å². The summed E-state index contributed by atoms with van der Waals surface area (Å²) in [6.45, 7) is 0. The van der Waals surface area contributed by atoms with Crippen LogP contribution in [-0.2, 0) is 5.41 Å². The highest BCUT2D eigenvalue weighted by Gasteiger charge is 2.45. The van der Waals surface area contributed by atoms with Crippen LogP contribution in [0.2, 0.25) is 0 Å². The number of esters is 2. The number of carbonyl (C=O) groups excluding carboxylic acids is 2. The van der Waals surface area contributed by atoms with Gasteiger partial charge in [0, 0.05) is 0 Å². The van der Waals surface area contributed by atoms with E-state index in [1.54, 1.807) is 24.3 Å². The summed E-state index contributed by atoms with van der Waals surface area (Å²) in [6.07, 6.45) is 0. The van der Waals surface area contributed by atoms with Crippen molar-refractivity contribution in [2.24, 2.45) is 0 Å². The van der Waals surface area contributed by atoms with Crippen LogP contribution in [0, 0.1) is 11.6 Å². The molecule has 0 fully saturated rings. The molecule has 0 spiro atoms. The number of hydrogen-bond acceptors (Lipinski definition) is 4. The van der Waals surface area contributed by atoms with E-state index >= 15 is 0 Å². The largest absolute Gasteiger partial charge is 0.423 e. The number of fused-ring (bicyclic) bond motifs is 3. The van der Waals surface area contributed by atoms with Crippen LogP contribution in [0.5, 0.6) is 11.5 Å². The minimum absolute atomic E-state index is 0.246. The van der Waals surface area contributed by atoms with Crippen LogP contribution in [0.3, 0.4) is 0 Å². The second kappa shape index (κ2) is 11.3. The summed E-state index contributed by atoms with van der Waals surface area (Å²) in [4.78, 5) is 25.4. The SMILES string of the molecule is O=C(Oc1ccc(C2(c3ccc(OC(=O)c4ccc(F)cc4)cc3)c3ccccc3-c3ccccc32)cc1)c1ccc(F)cc1. The summed E-state index contributed by atoms with van der Waals surface area (Å²) < 4.78 is 37.9. The molecular weight excluding hydrogens is 570 g/mol. The van der Waals surface area contributed by atoms with E-state index in [1.165, 1.54) is 48.5 Å². The van der Waals surface area contributed by atoms with Gasteiger partial charge in [-0.15, -0.1) is 0 Å². The summed E-state index contributed by atoms with van der Waals surface area (Å²) >= 11 is 0. The zero-order valence-corrected chi connectivity index (χ0v) is 23.7. The first kappa shape index (κ1) is 27.9. The molecule has 0 heterocycles. The van der Waals surface area contributed by atoms with Gasteiger partial charge in [0.05, 0.1) is 16.5 Å². The van der Waals surface area contributed by atoms with Crippen molar-refractivity contribution in [2.75, 3.05) is 0 Å². The Kier molecular flexibility index (Phi) is 7.02. The zero-order valence-electron chi connectivity index (χ0n) is 23.7. The first-order valence-electron chi connectivity index (χ1n) is 14.3. The Morgan fingerprint density at radius 2 is 0.800 bits per heavy atom. The summed E-state index contributed by atoms with van der Waals surface area (Å²) in [5.41, 5.74) is 6.02. The number of benzene rings is 6. The molecule has 0 atom stereocenters. The van der Waals surface area contributed by atoms with Gasteiger partial charge >= 0.3 is 11.9 Å². The molecule has 6 aromatic carbocycles. The third kappa shape index (κ3) is 4.96. The minimum atomic E-state index is -0.730. The molecule has 0 unspecified atom stereocenters. The average Bonchev–Trinajstić information content (AvgIpc) is 3.37. The van der Waals surface area contributed by atoms with Crippen LogP contribution < -0.4 is 9.47 Å². The van der Waals surface area contributed by atoms with Gasteiger partial charge < -0.3 is 9.47 Å². The molecule has 45 heavy (non-hydrogen) atoms. The molecule has 0 saturated heterocycles. The maximum Gasteiger partial charge on any atom is 0.343 e. The minimum Gasteiger partial charge on any atom is -0.423 e. The van der Waals surface area contributed by atoms with E-state index in [2.05, 4.69) is 24.3 Å². The molecule has 7 rings (SSSR count). The van der Waals surface area contributed by atoms with E-state index in [1.807, 2.05) is 48.5 Å². The lowest BCUT2D eigenvalue weighted by Crippen LogP contribution is -2.28. The number of hydrogen-bond donors (Lipinski definition) is 0. The summed E-state index contributed by atoms with van der Waals surface area (Å²) in [7, 11) is 0. The number of halogens is 2. The Hall–Kier alpha value is -5.88. The van der Waals surface area contributed by atoms with Gasteiger partial charge in [0.1, 0.15) is 23.1 Å². The molecule has 4 nitrogen and oxygen atoms in total. The van der Waals surface area contributed by atoms with Crippen molar-refractivity contribution in [3.8, 4) is 22.6 Å². The molecule has 1 aliphatic carbocycles. The fourth-order valence-corrected chi connectivity index (χ4v) is 6.07. The quantitative estimate of drug-likeness (QED) is 0.143. The topological polar surface area (TPSA) is 52.6 Å². The Bertz CT molecular complexity index is 1880. The third-order valence-electron chi connectivity index (χ3n) is 8.11. The summed E-state index contributed by atoms with van der Waals surface area (Å²) in [6, 6.07) is 41.6. The Balaban J connectivity index is 1.28. The number of ether oxygens (including phenoxy) is 2. The molecule has 0 radical (unpaired) electrons. The Morgan fingerprint density at radius 3 is 1.18 bits per heavy atom. The van der Waals surface area contributed by atoms with Crippen LogP contribution in [0.25, 0.3) is 11.1 Å². The van der Waals surface area contributed by atoms with E-state index in [-0.39, 0.29) is 11.1 Å². The van der Waals surface area contributed by atoms with Crippen LogP contribution in [-0.4, -0.2) is 11.9 Å². The lowest BCUT2D eigenvalue weighted by atomic mass is 9.68. The number of carbonyl (C=O) groups is 2. The normalized spacial score (nSPS) is 12.6. The van der Waals surface area contributed by atoms with E-state index in [4.69, 9.17) is 9.47 Å². The molecule has 0 amide bonds. The van der Waals surface area contributed by atoms with Crippen molar-refractivity contribution < 1.29 is 27.8 Å². The molecule has 1 aliphatic rings. The van der Waals surface area contributed by atoms with Gasteiger partial charge in [0.15, 0.2) is 0 Å². The van der Waals surface area contributed by atoms with E-state index < -0.39 is 29.0 Å². The lowest BCUT2D eigenvalue weighted by Gasteiger charge is -2.34. The molecule has 6 heteroatoms. The molecular formula is C39H24F2O4. The molecule has 0 aromatic heterocycles. The van der Waals surface area contributed by atoms with Crippen LogP contribution in [0.4, 0.5) is 8.78 Å².